The van der Waals surface area contributed by atoms with E-state index in [-0.39, 0.29) is 17.7 Å². The van der Waals surface area contributed by atoms with Gasteiger partial charge in [-0.05, 0) is 36.3 Å². The zero-order chi connectivity index (χ0) is 17.8. The molecule has 1 aliphatic heterocycles. The van der Waals surface area contributed by atoms with Crippen LogP contribution in [0.1, 0.15) is 30.0 Å². The Labute approximate surface area is 148 Å². The van der Waals surface area contributed by atoms with Gasteiger partial charge in [-0.2, -0.15) is 0 Å². The van der Waals surface area contributed by atoms with Gasteiger partial charge in [-0.1, -0.05) is 24.8 Å². The summed E-state index contributed by atoms with van der Waals surface area (Å²) in [5.41, 5.74) is 9.42. The fraction of sp³-hybridized carbons (Fsp3) is 0.300. The van der Waals surface area contributed by atoms with Crippen molar-refractivity contribution in [1.82, 2.24) is 10.9 Å². The Morgan fingerprint density at radius 2 is 1.92 bits per heavy atom. The fourth-order valence-electron chi connectivity index (χ4n) is 3.04. The first-order valence-electron chi connectivity index (χ1n) is 8.31. The lowest BCUT2D eigenvalue weighted by Crippen LogP contribution is -2.25. The molecule has 0 spiro atoms. The number of nitrogens with one attached hydrogen (secondary N) is 2. The highest BCUT2D eigenvalue weighted by atomic mass is 16.5. The molecule has 1 fully saturated rings. The molecule has 5 heteroatoms. The lowest BCUT2D eigenvalue weighted by Gasteiger charge is -2.21. The Morgan fingerprint density at radius 1 is 1.20 bits per heavy atom. The minimum absolute atomic E-state index is 0.0245. The van der Waals surface area contributed by atoms with Gasteiger partial charge in [-0.3, -0.25) is 5.43 Å². The number of methoxy groups -OCH3 is 1. The molecule has 132 valence electrons. The Hall–Kier alpha value is -2.50. The van der Waals surface area contributed by atoms with Crippen LogP contribution in [0.25, 0.3) is 0 Å². The lowest BCUT2D eigenvalue weighted by molar-refractivity contribution is 0.348. The van der Waals surface area contributed by atoms with Crippen LogP contribution in [0.4, 0.5) is 0 Å². The van der Waals surface area contributed by atoms with Crippen molar-refractivity contribution >= 4 is 0 Å². The molecule has 0 radical (unpaired) electrons. The van der Waals surface area contributed by atoms with Crippen molar-refractivity contribution in [1.29, 1.82) is 0 Å². The first-order valence-corrected chi connectivity index (χ1v) is 8.31. The number of hydrogen-bond acceptors (Lipinski definition) is 5. The Morgan fingerprint density at radius 3 is 2.56 bits per heavy atom. The molecule has 2 unspecified atom stereocenters. The fourth-order valence-corrected chi connectivity index (χ4v) is 3.04. The van der Waals surface area contributed by atoms with Crippen molar-refractivity contribution in [2.45, 2.75) is 18.9 Å². The molecule has 5 nitrogen and oxygen atoms in total. The number of hydrogen-bond donors (Lipinski definition) is 3. The number of rotatable bonds is 6. The maximum absolute atomic E-state index is 10.5. The van der Waals surface area contributed by atoms with Crippen molar-refractivity contribution in [3.8, 4) is 17.2 Å². The van der Waals surface area contributed by atoms with Crippen LogP contribution < -0.4 is 20.3 Å². The molecule has 0 amide bonds. The van der Waals surface area contributed by atoms with Gasteiger partial charge in [-0.15, -0.1) is 0 Å². The molecule has 0 aliphatic carbocycles. The minimum atomic E-state index is -0.0245. The number of phenolic OH excluding ortho intramolecular Hbond substituents is 1. The van der Waals surface area contributed by atoms with Crippen LogP contribution in [-0.4, -0.2) is 25.4 Å². The average Bonchev–Trinajstić information content (AvgIpc) is 3.09. The van der Waals surface area contributed by atoms with E-state index < -0.39 is 0 Å². The number of benzene rings is 2. The number of aromatic hydroxyl groups is 1. The summed E-state index contributed by atoms with van der Waals surface area (Å²) in [5, 5.41) is 10.5. The van der Waals surface area contributed by atoms with Gasteiger partial charge in [0, 0.05) is 24.1 Å². The minimum Gasteiger partial charge on any atom is -0.507 e. The lowest BCUT2D eigenvalue weighted by atomic mass is 9.88. The van der Waals surface area contributed by atoms with E-state index in [1.165, 1.54) is 5.56 Å². The molecule has 25 heavy (non-hydrogen) atoms. The summed E-state index contributed by atoms with van der Waals surface area (Å²) in [6.45, 7) is 6.94. The summed E-state index contributed by atoms with van der Waals surface area (Å²) in [7, 11) is 1.66. The maximum atomic E-state index is 10.5. The second kappa shape index (κ2) is 7.59. The van der Waals surface area contributed by atoms with Crippen molar-refractivity contribution < 1.29 is 14.6 Å². The zero-order valence-corrected chi connectivity index (χ0v) is 14.6. The second-order valence-corrected chi connectivity index (χ2v) is 6.35. The van der Waals surface area contributed by atoms with Crippen LogP contribution in [-0.2, 0) is 0 Å². The maximum Gasteiger partial charge on any atom is 0.124 e. The van der Waals surface area contributed by atoms with Crippen molar-refractivity contribution in [2.75, 3.05) is 20.3 Å². The Bertz CT molecular complexity index is 743. The van der Waals surface area contributed by atoms with Crippen molar-refractivity contribution in [2.24, 2.45) is 0 Å². The molecule has 3 rings (SSSR count). The summed E-state index contributed by atoms with van der Waals surface area (Å²) in [5.74, 6) is 1.90. The highest BCUT2D eigenvalue weighted by Gasteiger charge is 2.31. The Balaban J connectivity index is 1.80. The summed E-state index contributed by atoms with van der Waals surface area (Å²) < 4.78 is 10.8. The number of ether oxygens (including phenoxy) is 2. The predicted octanol–water partition coefficient (Wildman–Crippen LogP) is 3.29. The third kappa shape index (κ3) is 3.95. The largest absolute Gasteiger partial charge is 0.507 e. The van der Waals surface area contributed by atoms with Gasteiger partial charge in [0.05, 0.1) is 13.2 Å². The van der Waals surface area contributed by atoms with E-state index in [1.54, 1.807) is 13.2 Å². The molecule has 1 aliphatic rings. The zero-order valence-electron chi connectivity index (χ0n) is 14.6. The molecule has 0 bridgehead atoms. The summed E-state index contributed by atoms with van der Waals surface area (Å²) in [6, 6.07) is 13.5. The van der Waals surface area contributed by atoms with E-state index in [9.17, 15) is 5.11 Å². The van der Waals surface area contributed by atoms with Gasteiger partial charge in [0.15, 0.2) is 0 Å². The summed E-state index contributed by atoms with van der Waals surface area (Å²) >= 11 is 0. The van der Waals surface area contributed by atoms with E-state index in [1.807, 2.05) is 31.2 Å². The normalized spacial score (nSPS) is 19.6. The van der Waals surface area contributed by atoms with E-state index in [0.717, 1.165) is 23.4 Å². The van der Waals surface area contributed by atoms with E-state index in [2.05, 4.69) is 29.6 Å². The first kappa shape index (κ1) is 17.3. The van der Waals surface area contributed by atoms with Gasteiger partial charge >= 0.3 is 0 Å². The van der Waals surface area contributed by atoms with Gasteiger partial charge < -0.3 is 14.6 Å². The predicted molar refractivity (Wildman–Crippen MR) is 98.0 cm³/mol. The molecular weight excluding hydrogens is 316 g/mol. The van der Waals surface area contributed by atoms with E-state index >= 15 is 0 Å². The highest BCUT2D eigenvalue weighted by molar-refractivity contribution is 5.44. The third-order valence-corrected chi connectivity index (χ3v) is 4.35. The molecule has 2 aromatic carbocycles. The van der Waals surface area contributed by atoms with Crippen LogP contribution in [0.5, 0.6) is 17.2 Å². The van der Waals surface area contributed by atoms with Crippen LogP contribution in [0, 0.1) is 0 Å². The molecule has 1 heterocycles. The molecule has 2 aromatic rings. The van der Waals surface area contributed by atoms with Gasteiger partial charge in [-0.25, -0.2) is 5.43 Å². The van der Waals surface area contributed by atoms with Gasteiger partial charge in [0.25, 0.3) is 0 Å². The number of hydrazine groups is 1. The summed E-state index contributed by atoms with van der Waals surface area (Å²) in [4.78, 5) is 0. The molecule has 0 saturated carbocycles. The van der Waals surface area contributed by atoms with Crippen molar-refractivity contribution in [3.05, 3.63) is 65.7 Å². The SMILES string of the molecule is C=C(C)COc1ccc(C2NNCC2c2ccc(OC)cc2)c(O)c1. The molecule has 1 saturated heterocycles. The van der Waals surface area contributed by atoms with Gasteiger partial charge in [0.1, 0.15) is 23.9 Å². The third-order valence-electron chi connectivity index (χ3n) is 4.35. The average molecular weight is 340 g/mol. The highest BCUT2D eigenvalue weighted by Crippen LogP contribution is 2.38. The first-order chi connectivity index (χ1) is 12.1. The monoisotopic (exact) mass is 340 g/mol. The van der Waals surface area contributed by atoms with E-state index in [0.29, 0.717) is 12.4 Å². The number of phenols is 1. The van der Waals surface area contributed by atoms with E-state index in [4.69, 9.17) is 9.47 Å². The Kier molecular flexibility index (Phi) is 5.26. The standard InChI is InChI=1S/C20H24N2O3/c1-13(2)12-25-16-8-9-17(19(23)10-16)20-18(11-21-22-20)14-4-6-15(24-3)7-5-14/h4-10,18,20-23H,1,11-12H2,2-3H3. The molecular formula is C20H24N2O3. The van der Waals surface area contributed by atoms with Crippen LogP contribution in [0.15, 0.2) is 54.6 Å². The van der Waals surface area contributed by atoms with Crippen LogP contribution in [0.3, 0.4) is 0 Å². The van der Waals surface area contributed by atoms with Gasteiger partial charge in [0.2, 0.25) is 0 Å². The smallest absolute Gasteiger partial charge is 0.124 e. The molecule has 0 aromatic heterocycles. The van der Waals surface area contributed by atoms with Crippen molar-refractivity contribution in [3.63, 3.8) is 0 Å². The topological polar surface area (TPSA) is 62.8 Å². The van der Waals surface area contributed by atoms with Crippen LogP contribution >= 0.6 is 0 Å². The molecule has 2 atom stereocenters. The summed E-state index contributed by atoms with van der Waals surface area (Å²) in [6.07, 6.45) is 0. The second-order valence-electron chi connectivity index (χ2n) is 6.35. The quantitative estimate of drug-likeness (QED) is 0.705. The molecule has 3 N–H and O–H groups in total. The van der Waals surface area contributed by atoms with Crippen LogP contribution in [0.2, 0.25) is 0 Å².